The molecule has 0 atom stereocenters. The van der Waals surface area contributed by atoms with Crippen LogP contribution in [0.2, 0.25) is 0 Å². The van der Waals surface area contributed by atoms with E-state index in [0.29, 0.717) is 24.9 Å². The van der Waals surface area contributed by atoms with Gasteiger partial charge in [0.05, 0.1) is 17.6 Å². The number of nitrogens with two attached hydrogens (primary N) is 1. The molecule has 2 aromatic carbocycles. The number of nitrogens with one attached hydrogen (secondary N) is 1. The third kappa shape index (κ3) is 5.96. The highest BCUT2D eigenvalue weighted by Gasteiger charge is 2.42. The summed E-state index contributed by atoms with van der Waals surface area (Å²) in [6.07, 6.45) is 4.21. The summed E-state index contributed by atoms with van der Waals surface area (Å²) in [7, 11) is 1.61. The van der Waals surface area contributed by atoms with E-state index in [-0.39, 0.29) is 17.9 Å². The fourth-order valence-corrected chi connectivity index (χ4v) is 5.89. The smallest absolute Gasteiger partial charge is 0.407 e. The number of alkyl halides is 1. The first-order chi connectivity index (χ1) is 18.7. The Morgan fingerprint density at radius 1 is 1.05 bits per heavy atom. The van der Waals surface area contributed by atoms with Crippen molar-refractivity contribution in [3.63, 3.8) is 0 Å². The second-order valence-electron chi connectivity index (χ2n) is 11.0. The number of rotatable bonds is 7. The number of hydrogen-bond acceptors (Lipinski definition) is 4. The second kappa shape index (κ2) is 11.1. The van der Waals surface area contributed by atoms with Gasteiger partial charge in [-0.25, -0.2) is 9.18 Å². The average Bonchev–Trinajstić information content (AvgIpc) is 2.93. The van der Waals surface area contributed by atoms with E-state index < -0.39 is 17.8 Å². The molecule has 3 aromatic rings. The van der Waals surface area contributed by atoms with Crippen LogP contribution >= 0.6 is 0 Å². The number of carbonyl (C=O) groups excluding carboxylic acids is 1. The Balaban J connectivity index is 1.30. The van der Waals surface area contributed by atoms with Gasteiger partial charge in [-0.2, -0.15) is 0 Å². The van der Waals surface area contributed by atoms with Crippen LogP contribution in [-0.2, 0) is 10.3 Å². The van der Waals surface area contributed by atoms with Gasteiger partial charge < -0.3 is 21.1 Å². The predicted molar refractivity (Wildman–Crippen MR) is 150 cm³/mol. The molecule has 8 heteroatoms. The van der Waals surface area contributed by atoms with E-state index in [2.05, 4.69) is 5.32 Å². The molecule has 204 valence electrons. The largest absolute Gasteiger partial charge is 0.465 e. The average molecular weight is 531 g/mol. The summed E-state index contributed by atoms with van der Waals surface area (Å²) < 4.78 is 13.5. The minimum atomic E-state index is -0.908. The van der Waals surface area contributed by atoms with E-state index in [4.69, 9.17) is 10.7 Å². The number of halogens is 1. The lowest BCUT2D eigenvalue weighted by Gasteiger charge is -2.41. The summed E-state index contributed by atoms with van der Waals surface area (Å²) in [5.74, 6) is 0.167. The molecule has 5 rings (SSSR count). The molecule has 2 aliphatic carbocycles. The molecular formula is C31H35FN4O3. The van der Waals surface area contributed by atoms with E-state index in [0.717, 1.165) is 53.6 Å². The van der Waals surface area contributed by atoms with Gasteiger partial charge in [-0.15, -0.1) is 0 Å². The number of hydrogen-bond donors (Lipinski definition) is 3. The van der Waals surface area contributed by atoms with Gasteiger partial charge in [0.25, 0.3) is 0 Å². The highest BCUT2D eigenvalue weighted by Crippen LogP contribution is 2.42. The second-order valence-corrected chi connectivity index (χ2v) is 11.0. The predicted octanol–water partition coefficient (Wildman–Crippen LogP) is 6.20. The standard InChI is InChI=1S/C31H35FN4O3/c1-36(30(38)39)26-13-7-20(8-14-26)15-28(37)35-25-16-27(21-5-3-2-4-6-21)29(34-19-25)22-9-11-23(12-10-22)31(33)17-24(32)18-31/h2-6,9-12,16,19-20,24,26H,7-8,13-15,17-18,33H2,1H3,(H,35,37)(H,38,39)/t20-,24?,26-,31?. The van der Waals surface area contributed by atoms with Crippen LogP contribution in [0.15, 0.2) is 66.9 Å². The van der Waals surface area contributed by atoms with Crippen molar-refractivity contribution in [2.75, 3.05) is 12.4 Å². The molecule has 39 heavy (non-hydrogen) atoms. The van der Waals surface area contributed by atoms with Gasteiger partial charge in [0.1, 0.15) is 6.17 Å². The monoisotopic (exact) mass is 530 g/mol. The Hall–Kier alpha value is -3.78. The minimum Gasteiger partial charge on any atom is -0.465 e. The molecule has 0 spiro atoms. The fourth-order valence-electron chi connectivity index (χ4n) is 5.89. The zero-order valence-electron chi connectivity index (χ0n) is 22.1. The highest BCUT2D eigenvalue weighted by molar-refractivity contribution is 5.93. The van der Waals surface area contributed by atoms with Crippen molar-refractivity contribution in [1.82, 2.24) is 9.88 Å². The van der Waals surface area contributed by atoms with Crippen LogP contribution in [0.5, 0.6) is 0 Å². The van der Waals surface area contributed by atoms with Crippen LogP contribution < -0.4 is 11.1 Å². The SMILES string of the molecule is CN(C(=O)O)[C@H]1CC[C@H](CC(=O)Nc2cnc(-c3ccc(C4(N)CC(F)C4)cc3)c(-c3ccccc3)c2)CC1. The van der Waals surface area contributed by atoms with Crippen LogP contribution in [0.1, 0.15) is 50.5 Å². The molecule has 2 fully saturated rings. The first-order valence-electron chi connectivity index (χ1n) is 13.6. The lowest BCUT2D eigenvalue weighted by Crippen LogP contribution is -2.50. The summed E-state index contributed by atoms with van der Waals surface area (Å²) in [5, 5.41) is 12.2. The van der Waals surface area contributed by atoms with Crippen molar-refractivity contribution in [3.05, 3.63) is 72.4 Å². The normalized spacial score (nSPS) is 24.4. The summed E-state index contributed by atoms with van der Waals surface area (Å²) in [6, 6.07) is 19.7. The van der Waals surface area contributed by atoms with Crippen molar-refractivity contribution in [3.8, 4) is 22.4 Å². The van der Waals surface area contributed by atoms with Crippen molar-refractivity contribution in [1.29, 1.82) is 0 Å². The number of carboxylic acid groups (broad SMARTS) is 1. The first kappa shape index (κ1) is 26.8. The Labute approximate surface area is 228 Å². The molecule has 0 radical (unpaired) electrons. The van der Waals surface area contributed by atoms with Gasteiger partial charge in [0.2, 0.25) is 5.91 Å². The van der Waals surface area contributed by atoms with Crippen LogP contribution in [-0.4, -0.2) is 46.3 Å². The molecule has 4 N–H and O–H groups in total. The number of carbonyl (C=O) groups is 2. The molecule has 1 heterocycles. The Bertz CT molecular complexity index is 1320. The quantitative estimate of drug-likeness (QED) is 0.337. The van der Waals surface area contributed by atoms with Gasteiger partial charge in [-0.05, 0) is 48.8 Å². The van der Waals surface area contributed by atoms with Gasteiger partial charge in [0, 0.05) is 49.0 Å². The van der Waals surface area contributed by atoms with Gasteiger partial charge in [-0.3, -0.25) is 9.78 Å². The molecule has 2 saturated carbocycles. The maximum Gasteiger partial charge on any atom is 0.407 e. The van der Waals surface area contributed by atoms with Crippen LogP contribution in [0.25, 0.3) is 22.4 Å². The number of benzene rings is 2. The van der Waals surface area contributed by atoms with Gasteiger partial charge in [-0.1, -0.05) is 54.6 Å². The molecule has 0 bridgehead atoms. The van der Waals surface area contributed by atoms with E-state index in [1.54, 1.807) is 13.2 Å². The van der Waals surface area contributed by atoms with E-state index in [1.165, 1.54) is 4.90 Å². The zero-order valence-corrected chi connectivity index (χ0v) is 22.1. The fraction of sp³-hybridized carbons (Fsp3) is 0.387. The number of nitrogens with zero attached hydrogens (tertiary/aromatic N) is 2. The summed E-state index contributed by atoms with van der Waals surface area (Å²) in [5.41, 5.74) is 10.9. The summed E-state index contributed by atoms with van der Waals surface area (Å²) in [6.45, 7) is 0. The van der Waals surface area contributed by atoms with E-state index in [1.807, 2.05) is 60.7 Å². The van der Waals surface area contributed by atoms with Crippen molar-refractivity contribution in [2.45, 2.75) is 62.7 Å². The van der Waals surface area contributed by atoms with Crippen molar-refractivity contribution >= 4 is 17.7 Å². The molecule has 2 aliphatic rings. The zero-order chi connectivity index (χ0) is 27.6. The van der Waals surface area contributed by atoms with E-state index in [9.17, 15) is 19.1 Å². The van der Waals surface area contributed by atoms with Crippen LogP contribution in [0.3, 0.4) is 0 Å². The van der Waals surface area contributed by atoms with E-state index >= 15 is 0 Å². The lowest BCUT2D eigenvalue weighted by atomic mass is 9.71. The van der Waals surface area contributed by atoms with Crippen LogP contribution in [0.4, 0.5) is 14.9 Å². The lowest BCUT2D eigenvalue weighted by molar-refractivity contribution is -0.117. The molecule has 0 aliphatic heterocycles. The molecule has 0 unspecified atom stereocenters. The maximum absolute atomic E-state index is 13.5. The topological polar surface area (TPSA) is 109 Å². The Morgan fingerprint density at radius 2 is 1.72 bits per heavy atom. The maximum atomic E-state index is 13.5. The van der Waals surface area contributed by atoms with Crippen molar-refractivity contribution in [2.24, 2.45) is 11.7 Å². The molecular weight excluding hydrogens is 495 g/mol. The molecule has 1 aromatic heterocycles. The van der Waals surface area contributed by atoms with Crippen LogP contribution in [0, 0.1) is 5.92 Å². The third-order valence-corrected chi connectivity index (χ3v) is 8.30. The molecule has 0 saturated heterocycles. The Kier molecular flexibility index (Phi) is 7.66. The number of anilines is 1. The molecule has 7 nitrogen and oxygen atoms in total. The summed E-state index contributed by atoms with van der Waals surface area (Å²) in [4.78, 5) is 30.3. The molecule has 2 amide bonds. The number of pyridine rings is 1. The highest BCUT2D eigenvalue weighted by atomic mass is 19.1. The summed E-state index contributed by atoms with van der Waals surface area (Å²) >= 11 is 0. The van der Waals surface area contributed by atoms with Gasteiger partial charge >= 0.3 is 6.09 Å². The Morgan fingerprint density at radius 3 is 2.33 bits per heavy atom. The van der Waals surface area contributed by atoms with Crippen molar-refractivity contribution < 1.29 is 19.1 Å². The third-order valence-electron chi connectivity index (χ3n) is 8.30. The first-order valence-corrected chi connectivity index (χ1v) is 13.6. The minimum absolute atomic E-state index is 0.0192. The number of amides is 2. The number of aromatic nitrogens is 1. The van der Waals surface area contributed by atoms with Gasteiger partial charge in [0.15, 0.2) is 0 Å².